The van der Waals surface area contributed by atoms with E-state index in [4.69, 9.17) is 10.3 Å². The maximum atomic E-state index is 11.8. The van der Waals surface area contributed by atoms with Crippen LogP contribution in [-0.2, 0) is 0 Å². The number of nitrogens with two attached hydrogens (primary N) is 1. The van der Waals surface area contributed by atoms with E-state index < -0.39 is 11.8 Å². The first-order valence-electron chi connectivity index (χ1n) is 4.77. The zero-order valence-electron chi connectivity index (χ0n) is 8.74. The third kappa shape index (κ3) is 2.21. The smallest absolute Gasteiger partial charge is 0.310 e. The molecule has 0 aromatic carbocycles. The van der Waals surface area contributed by atoms with Gasteiger partial charge in [-0.3, -0.25) is 14.6 Å². The first-order chi connectivity index (χ1) is 8.20. The molecular weight excluding hydrogens is 222 g/mol. The highest BCUT2D eigenvalue weighted by Gasteiger charge is 2.22. The van der Waals surface area contributed by atoms with Gasteiger partial charge in [-0.05, 0) is 24.3 Å². The Bertz CT molecular complexity index is 522. The van der Waals surface area contributed by atoms with Crippen LogP contribution in [0.25, 0.3) is 0 Å². The van der Waals surface area contributed by atoms with Gasteiger partial charge in [-0.1, -0.05) is 0 Å². The average Bonchev–Trinajstić information content (AvgIpc) is 2.91. The Morgan fingerprint density at radius 3 is 2.65 bits per heavy atom. The van der Waals surface area contributed by atoms with Crippen LogP contribution in [0.4, 0.5) is 0 Å². The standard InChI is InChI=1S/C11H9N3O3/c12-14(11(16)9-4-2-6-17-9)10(15)8-3-1-5-13-7-8/h1-7H,12H2. The molecular formula is C11H9N3O3. The average molecular weight is 231 g/mol. The van der Waals surface area contributed by atoms with Gasteiger partial charge in [0.1, 0.15) is 0 Å². The molecule has 2 N–H and O–H groups in total. The number of aromatic nitrogens is 1. The summed E-state index contributed by atoms with van der Waals surface area (Å²) in [5.74, 6) is 4.09. The molecule has 2 amide bonds. The minimum atomic E-state index is -0.705. The van der Waals surface area contributed by atoms with Gasteiger partial charge in [0.15, 0.2) is 5.76 Å². The summed E-state index contributed by atoms with van der Waals surface area (Å²) in [4.78, 5) is 27.2. The molecule has 2 aromatic rings. The van der Waals surface area contributed by atoms with Crippen molar-refractivity contribution in [1.82, 2.24) is 9.99 Å². The van der Waals surface area contributed by atoms with Crippen LogP contribution >= 0.6 is 0 Å². The van der Waals surface area contributed by atoms with Crippen LogP contribution in [0, 0.1) is 0 Å². The third-order valence-corrected chi connectivity index (χ3v) is 2.08. The minimum Gasteiger partial charge on any atom is -0.459 e. The van der Waals surface area contributed by atoms with Gasteiger partial charge in [-0.2, -0.15) is 0 Å². The summed E-state index contributed by atoms with van der Waals surface area (Å²) in [6.07, 6.45) is 4.18. The van der Waals surface area contributed by atoms with Crippen molar-refractivity contribution >= 4 is 11.8 Å². The van der Waals surface area contributed by atoms with E-state index in [9.17, 15) is 9.59 Å². The number of carbonyl (C=O) groups excluding carboxylic acids is 2. The molecule has 6 heteroatoms. The Hall–Kier alpha value is -2.47. The molecule has 0 atom stereocenters. The Kier molecular flexibility index (Phi) is 2.97. The van der Waals surface area contributed by atoms with Crippen LogP contribution < -0.4 is 5.84 Å². The predicted octanol–water partition coefficient (Wildman–Crippen LogP) is 0.831. The van der Waals surface area contributed by atoms with E-state index in [2.05, 4.69) is 4.98 Å². The molecule has 6 nitrogen and oxygen atoms in total. The summed E-state index contributed by atoms with van der Waals surface area (Å²) >= 11 is 0. The highest BCUT2D eigenvalue weighted by Crippen LogP contribution is 2.06. The normalized spacial score (nSPS) is 9.94. The molecule has 0 aliphatic heterocycles. The third-order valence-electron chi connectivity index (χ3n) is 2.08. The van der Waals surface area contributed by atoms with Crippen molar-refractivity contribution in [3.63, 3.8) is 0 Å². The van der Waals surface area contributed by atoms with Crippen molar-refractivity contribution in [2.45, 2.75) is 0 Å². The van der Waals surface area contributed by atoms with E-state index in [0.717, 1.165) is 0 Å². The van der Waals surface area contributed by atoms with Gasteiger partial charge in [-0.25, -0.2) is 10.9 Å². The monoisotopic (exact) mass is 231 g/mol. The molecule has 0 saturated heterocycles. The Morgan fingerprint density at radius 2 is 2.06 bits per heavy atom. The van der Waals surface area contributed by atoms with E-state index in [1.165, 1.54) is 36.9 Å². The van der Waals surface area contributed by atoms with E-state index in [1.807, 2.05) is 0 Å². The van der Waals surface area contributed by atoms with Crippen molar-refractivity contribution in [1.29, 1.82) is 0 Å². The molecule has 0 unspecified atom stereocenters. The fourth-order valence-electron chi connectivity index (χ4n) is 1.24. The van der Waals surface area contributed by atoms with Crippen molar-refractivity contribution in [2.24, 2.45) is 5.84 Å². The fourth-order valence-corrected chi connectivity index (χ4v) is 1.24. The summed E-state index contributed by atoms with van der Waals surface area (Å²) < 4.78 is 4.86. The fraction of sp³-hybridized carbons (Fsp3) is 0. The number of hydrogen-bond acceptors (Lipinski definition) is 5. The molecule has 2 aromatic heterocycles. The molecule has 2 heterocycles. The highest BCUT2D eigenvalue weighted by atomic mass is 16.3. The number of furan rings is 1. The second-order valence-electron chi connectivity index (χ2n) is 3.20. The number of hydrogen-bond donors (Lipinski definition) is 1. The first-order valence-corrected chi connectivity index (χ1v) is 4.77. The molecule has 0 radical (unpaired) electrons. The number of pyridine rings is 1. The molecule has 0 aliphatic rings. The molecule has 86 valence electrons. The van der Waals surface area contributed by atoms with Crippen LogP contribution in [0.1, 0.15) is 20.9 Å². The number of amides is 2. The lowest BCUT2D eigenvalue weighted by Crippen LogP contribution is -2.42. The second-order valence-corrected chi connectivity index (χ2v) is 3.20. The number of hydrazine groups is 1. The molecule has 0 spiro atoms. The van der Waals surface area contributed by atoms with Gasteiger partial charge in [0.05, 0.1) is 11.8 Å². The van der Waals surface area contributed by atoms with Crippen molar-refractivity contribution < 1.29 is 14.0 Å². The molecule has 0 bridgehead atoms. The van der Waals surface area contributed by atoms with E-state index >= 15 is 0 Å². The van der Waals surface area contributed by atoms with Crippen molar-refractivity contribution in [2.75, 3.05) is 0 Å². The first kappa shape index (κ1) is 11.0. The molecule has 0 saturated carbocycles. The van der Waals surface area contributed by atoms with Gasteiger partial charge < -0.3 is 4.42 Å². The lowest BCUT2D eigenvalue weighted by Gasteiger charge is -2.12. The Morgan fingerprint density at radius 1 is 1.24 bits per heavy atom. The maximum Gasteiger partial charge on any atom is 0.310 e. The van der Waals surface area contributed by atoms with E-state index in [0.29, 0.717) is 5.01 Å². The van der Waals surface area contributed by atoms with Crippen LogP contribution in [0.5, 0.6) is 0 Å². The zero-order chi connectivity index (χ0) is 12.3. The summed E-state index contributed by atoms with van der Waals surface area (Å²) in [5, 5.41) is 0.496. The quantitative estimate of drug-likeness (QED) is 0.358. The van der Waals surface area contributed by atoms with Crippen molar-refractivity contribution in [3.05, 3.63) is 54.2 Å². The van der Waals surface area contributed by atoms with Gasteiger partial charge in [0, 0.05) is 12.4 Å². The molecule has 0 aliphatic carbocycles. The van der Waals surface area contributed by atoms with Gasteiger partial charge in [0.25, 0.3) is 5.91 Å². The van der Waals surface area contributed by atoms with Crippen molar-refractivity contribution in [3.8, 4) is 0 Å². The van der Waals surface area contributed by atoms with Gasteiger partial charge in [-0.15, -0.1) is 0 Å². The summed E-state index contributed by atoms with van der Waals surface area (Å²) in [5.41, 5.74) is 0.231. The maximum absolute atomic E-state index is 11.8. The van der Waals surface area contributed by atoms with Crippen LogP contribution in [0.3, 0.4) is 0 Å². The lowest BCUT2D eigenvalue weighted by atomic mass is 10.2. The SMILES string of the molecule is NN(C(=O)c1cccnc1)C(=O)c1ccco1. The van der Waals surface area contributed by atoms with Crippen LogP contribution in [0.2, 0.25) is 0 Å². The van der Waals surface area contributed by atoms with Crippen LogP contribution in [0.15, 0.2) is 47.3 Å². The largest absolute Gasteiger partial charge is 0.459 e. The number of imide groups is 1. The van der Waals surface area contributed by atoms with E-state index in [1.54, 1.807) is 6.07 Å². The van der Waals surface area contributed by atoms with Gasteiger partial charge in [0.2, 0.25) is 0 Å². The highest BCUT2D eigenvalue weighted by molar-refractivity contribution is 6.08. The summed E-state index contributed by atoms with van der Waals surface area (Å²) in [6, 6.07) is 6.07. The zero-order valence-corrected chi connectivity index (χ0v) is 8.74. The number of nitrogens with zero attached hydrogens (tertiary/aromatic N) is 2. The number of rotatable bonds is 2. The van der Waals surface area contributed by atoms with Crippen LogP contribution in [-0.4, -0.2) is 21.8 Å². The predicted molar refractivity (Wildman–Crippen MR) is 57.6 cm³/mol. The molecule has 17 heavy (non-hydrogen) atoms. The number of carbonyl (C=O) groups is 2. The minimum absolute atomic E-state index is 0.00439. The Balaban J connectivity index is 2.19. The topological polar surface area (TPSA) is 89.4 Å². The second kappa shape index (κ2) is 4.58. The Labute approximate surface area is 96.6 Å². The summed E-state index contributed by atoms with van der Waals surface area (Å²) in [6.45, 7) is 0. The summed E-state index contributed by atoms with van der Waals surface area (Å²) in [7, 11) is 0. The van der Waals surface area contributed by atoms with E-state index in [-0.39, 0.29) is 11.3 Å². The lowest BCUT2D eigenvalue weighted by molar-refractivity contribution is 0.0595. The van der Waals surface area contributed by atoms with Gasteiger partial charge >= 0.3 is 5.91 Å². The molecule has 2 rings (SSSR count). The molecule has 0 fully saturated rings.